The van der Waals surface area contributed by atoms with Gasteiger partial charge in [0.2, 0.25) is 0 Å². The number of carbonyl (C=O) groups is 2. The van der Waals surface area contributed by atoms with Crippen LogP contribution in [0.15, 0.2) is 12.7 Å². The van der Waals surface area contributed by atoms with Gasteiger partial charge in [0.05, 0.1) is 0 Å². The van der Waals surface area contributed by atoms with Crippen molar-refractivity contribution < 1.29 is 19.1 Å². The first-order valence-electron chi connectivity index (χ1n) is 4.41. The molecule has 0 fully saturated rings. The van der Waals surface area contributed by atoms with Crippen molar-refractivity contribution in [1.82, 2.24) is 0 Å². The fourth-order valence-electron chi connectivity index (χ4n) is 1.02. The first kappa shape index (κ1) is 13.2. The van der Waals surface area contributed by atoms with Gasteiger partial charge in [-0.15, -0.1) is 12.3 Å². The Balaban J connectivity index is 4.54. The van der Waals surface area contributed by atoms with Crippen LogP contribution >= 0.6 is 0 Å². The van der Waals surface area contributed by atoms with Crippen LogP contribution in [0.4, 0.5) is 0 Å². The van der Waals surface area contributed by atoms with Crippen molar-refractivity contribution in [2.45, 2.75) is 32.5 Å². The third-order valence-corrected chi connectivity index (χ3v) is 1.54. The quantitative estimate of drug-likeness (QED) is 0.387. The van der Waals surface area contributed by atoms with E-state index in [0.717, 1.165) is 0 Å². The maximum Gasteiger partial charge on any atom is 0.303 e. The third-order valence-electron chi connectivity index (χ3n) is 1.54. The number of hydrogen-bond acceptors (Lipinski definition) is 4. The molecular weight excluding hydrogens is 196 g/mol. The van der Waals surface area contributed by atoms with Gasteiger partial charge in [-0.3, -0.25) is 9.59 Å². The molecule has 0 saturated heterocycles. The molecule has 0 aromatic rings. The molecule has 15 heavy (non-hydrogen) atoms. The molecule has 0 aliphatic heterocycles. The first-order chi connectivity index (χ1) is 7.01. The predicted molar refractivity (Wildman–Crippen MR) is 54.8 cm³/mol. The zero-order valence-corrected chi connectivity index (χ0v) is 8.86. The van der Waals surface area contributed by atoms with Gasteiger partial charge >= 0.3 is 11.9 Å². The van der Waals surface area contributed by atoms with Crippen LogP contribution in [0, 0.1) is 12.3 Å². The molecule has 0 aromatic heterocycles. The normalized spacial score (nSPS) is 13.1. The van der Waals surface area contributed by atoms with E-state index >= 15 is 0 Å². The molecule has 0 amide bonds. The Hall–Kier alpha value is -1.76. The molecule has 0 rings (SSSR count). The third kappa shape index (κ3) is 5.53. The van der Waals surface area contributed by atoms with Gasteiger partial charge in [0.15, 0.2) is 12.2 Å². The first-order valence-corrected chi connectivity index (χ1v) is 4.41. The van der Waals surface area contributed by atoms with Crippen LogP contribution in [0.3, 0.4) is 0 Å². The van der Waals surface area contributed by atoms with Crippen molar-refractivity contribution >= 4 is 11.9 Å². The lowest BCUT2D eigenvalue weighted by molar-refractivity contribution is -0.161. The van der Waals surface area contributed by atoms with Crippen molar-refractivity contribution in [3.63, 3.8) is 0 Å². The van der Waals surface area contributed by atoms with Crippen LogP contribution in [-0.4, -0.2) is 24.1 Å². The van der Waals surface area contributed by atoms with E-state index < -0.39 is 24.1 Å². The highest BCUT2D eigenvalue weighted by Crippen LogP contribution is 2.10. The predicted octanol–water partition coefficient (Wildman–Crippen LogP) is 1.06. The molecule has 4 nitrogen and oxygen atoms in total. The molecule has 0 heterocycles. The van der Waals surface area contributed by atoms with Gasteiger partial charge < -0.3 is 9.47 Å². The highest BCUT2D eigenvalue weighted by atomic mass is 16.6. The number of hydrogen-bond donors (Lipinski definition) is 0. The SMILES string of the molecule is C#CC[C@H](OC(C)=O)[C@H](C=C)OC(C)=O. The van der Waals surface area contributed by atoms with Crippen LogP contribution in [0.5, 0.6) is 0 Å². The molecule has 0 radical (unpaired) electrons. The average Bonchev–Trinajstić information content (AvgIpc) is 2.12. The second-order valence-corrected chi connectivity index (χ2v) is 2.87. The largest absolute Gasteiger partial charge is 0.457 e. The monoisotopic (exact) mass is 210 g/mol. The summed E-state index contributed by atoms with van der Waals surface area (Å²) in [6.07, 6.45) is 5.29. The van der Waals surface area contributed by atoms with Gasteiger partial charge in [-0.2, -0.15) is 0 Å². The van der Waals surface area contributed by atoms with Gasteiger partial charge in [-0.1, -0.05) is 6.58 Å². The van der Waals surface area contributed by atoms with E-state index in [1.807, 2.05) is 0 Å². The summed E-state index contributed by atoms with van der Waals surface area (Å²) in [6, 6.07) is 0. The van der Waals surface area contributed by atoms with Crippen molar-refractivity contribution in [2.75, 3.05) is 0 Å². The molecular formula is C11H14O4. The Bertz CT molecular complexity index is 287. The Morgan fingerprint density at radius 3 is 2.27 bits per heavy atom. The highest BCUT2D eigenvalue weighted by Gasteiger charge is 2.23. The van der Waals surface area contributed by atoms with Crippen molar-refractivity contribution in [1.29, 1.82) is 0 Å². The van der Waals surface area contributed by atoms with Gasteiger partial charge in [0.1, 0.15) is 0 Å². The Morgan fingerprint density at radius 1 is 1.40 bits per heavy atom. The molecule has 0 spiro atoms. The zero-order valence-electron chi connectivity index (χ0n) is 8.86. The number of terminal acetylenes is 1. The Labute approximate surface area is 89.2 Å². The van der Waals surface area contributed by atoms with Gasteiger partial charge in [-0.05, 0) is 6.08 Å². The topological polar surface area (TPSA) is 52.6 Å². The Kier molecular flexibility index (Phi) is 5.88. The lowest BCUT2D eigenvalue weighted by Gasteiger charge is -2.21. The molecule has 0 aliphatic carbocycles. The summed E-state index contributed by atoms with van der Waals surface area (Å²) >= 11 is 0. The molecule has 4 heteroatoms. The summed E-state index contributed by atoms with van der Waals surface area (Å²) in [5.74, 6) is 1.39. The second kappa shape index (κ2) is 6.66. The molecule has 0 aromatic carbocycles. The van der Waals surface area contributed by atoms with Crippen LogP contribution < -0.4 is 0 Å². The molecule has 0 aliphatic rings. The van der Waals surface area contributed by atoms with Crippen LogP contribution in [0.1, 0.15) is 20.3 Å². The maximum atomic E-state index is 10.8. The summed E-state index contributed by atoms with van der Waals surface area (Å²) in [5.41, 5.74) is 0. The van der Waals surface area contributed by atoms with Crippen LogP contribution in [-0.2, 0) is 19.1 Å². The summed E-state index contributed by atoms with van der Waals surface area (Å²) < 4.78 is 9.80. The van der Waals surface area contributed by atoms with E-state index in [-0.39, 0.29) is 6.42 Å². The van der Waals surface area contributed by atoms with E-state index in [0.29, 0.717) is 0 Å². The number of carbonyl (C=O) groups excluding carboxylic acids is 2. The molecule has 0 N–H and O–H groups in total. The van der Waals surface area contributed by atoms with Crippen LogP contribution in [0.25, 0.3) is 0 Å². The standard InChI is InChI=1S/C11H14O4/c1-5-7-11(15-9(4)13)10(6-2)14-8(3)12/h1,6,10-11H,2,7H2,3-4H3/t10-,11-/m0/s1. The highest BCUT2D eigenvalue weighted by molar-refractivity contribution is 5.67. The van der Waals surface area contributed by atoms with E-state index in [9.17, 15) is 9.59 Å². The molecule has 0 unspecified atom stereocenters. The number of rotatable bonds is 5. The summed E-state index contributed by atoms with van der Waals surface area (Å²) in [4.78, 5) is 21.5. The lowest BCUT2D eigenvalue weighted by Crippen LogP contribution is -2.32. The van der Waals surface area contributed by atoms with Gasteiger partial charge in [-0.25, -0.2) is 0 Å². The number of esters is 2. The van der Waals surface area contributed by atoms with E-state index in [1.165, 1.54) is 19.9 Å². The Morgan fingerprint density at radius 2 is 1.93 bits per heavy atom. The lowest BCUT2D eigenvalue weighted by atomic mass is 10.1. The summed E-state index contributed by atoms with van der Waals surface area (Å²) in [5, 5.41) is 0. The molecule has 2 atom stereocenters. The zero-order chi connectivity index (χ0) is 11.8. The van der Waals surface area contributed by atoms with E-state index in [1.54, 1.807) is 0 Å². The molecule has 82 valence electrons. The average molecular weight is 210 g/mol. The number of ether oxygens (including phenoxy) is 2. The van der Waals surface area contributed by atoms with Crippen molar-refractivity contribution in [2.24, 2.45) is 0 Å². The minimum absolute atomic E-state index is 0.170. The van der Waals surface area contributed by atoms with E-state index in [4.69, 9.17) is 15.9 Å². The van der Waals surface area contributed by atoms with Gasteiger partial charge in [0.25, 0.3) is 0 Å². The minimum atomic E-state index is -0.706. The van der Waals surface area contributed by atoms with Crippen molar-refractivity contribution in [3.8, 4) is 12.3 Å². The molecule has 0 bridgehead atoms. The molecule has 0 saturated carbocycles. The summed E-state index contributed by atoms with van der Waals surface area (Å²) in [7, 11) is 0. The van der Waals surface area contributed by atoms with Gasteiger partial charge in [0, 0.05) is 20.3 Å². The smallest absolute Gasteiger partial charge is 0.303 e. The second-order valence-electron chi connectivity index (χ2n) is 2.87. The minimum Gasteiger partial charge on any atom is -0.457 e. The fourth-order valence-corrected chi connectivity index (χ4v) is 1.02. The fraction of sp³-hybridized carbons (Fsp3) is 0.455. The van der Waals surface area contributed by atoms with Crippen LogP contribution in [0.2, 0.25) is 0 Å². The van der Waals surface area contributed by atoms with E-state index in [2.05, 4.69) is 12.5 Å². The summed E-state index contributed by atoms with van der Waals surface area (Å²) in [6.45, 7) is 6.01. The van der Waals surface area contributed by atoms with Crippen molar-refractivity contribution in [3.05, 3.63) is 12.7 Å². The maximum absolute atomic E-state index is 10.8.